The zero-order chi connectivity index (χ0) is 15.1. The fourth-order valence-corrected chi connectivity index (χ4v) is 2.06. The highest BCUT2D eigenvalue weighted by Crippen LogP contribution is 2.24. The van der Waals surface area contributed by atoms with E-state index >= 15 is 0 Å². The van der Waals surface area contributed by atoms with Crippen LogP contribution in [-0.4, -0.2) is 42.8 Å². The van der Waals surface area contributed by atoms with Gasteiger partial charge in [-0.1, -0.05) is 0 Å². The van der Waals surface area contributed by atoms with E-state index in [1.165, 1.54) is 12.1 Å². The minimum Gasteiger partial charge on any atom is -0.383 e. The molecule has 1 N–H and O–H groups in total. The first-order valence-electron chi connectivity index (χ1n) is 6.69. The highest BCUT2D eigenvalue weighted by atomic mass is 16.6. The molecule has 0 fully saturated rings. The van der Waals surface area contributed by atoms with Gasteiger partial charge in [0.1, 0.15) is 11.6 Å². The van der Waals surface area contributed by atoms with Gasteiger partial charge in [0.25, 0.3) is 5.69 Å². The van der Waals surface area contributed by atoms with Gasteiger partial charge in [-0.05, 0) is 20.8 Å². The molecule has 7 heteroatoms. The summed E-state index contributed by atoms with van der Waals surface area (Å²) in [6.45, 7) is 7.80. The summed E-state index contributed by atoms with van der Waals surface area (Å²) in [5.41, 5.74) is 0.0361. The van der Waals surface area contributed by atoms with Gasteiger partial charge >= 0.3 is 0 Å². The van der Waals surface area contributed by atoms with Gasteiger partial charge in [0.05, 0.1) is 29.7 Å². The van der Waals surface area contributed by atoms with Crippen molar-refractivity contribution in [1.29, 1.82) is 0 Å². The first-order valence-corrected chi connectivity index (χ1v) is 6.69. The summed E-state index contributed by atoms with van der Waals surface area (Å²) in [5, 5.41) is 14.0. The third kappa shape index (κ3) is 4.06. The summed E-state index contributed by atoms with van der Waals surface area (Å²) < 4.78 is 5.14. The van der Waals surface area contributed by atoms with Crippen molar-refractivity contribution >= 4 is 17.3 Å². The van der Waals surface area contributed by atoms with Crippen LogP contribution in [0.4, 0.5) is 17.3 Å². The predicted octanol–water partition coefficient (Wildman–Crippen LogP) is 2.28. The van der Waals surface area contributed by atoms with Crippen molar-refractivity contribution < 1.29 is 9.66 Å². The number of aromatic nitrogens is 1. The highest BCUT2D eigenvalue weighted by Gasteiger charge is 2.18. The second-order valence-electron chi connectivity index (χ2n) is 4.45. The first kappa shape index (κ1) is 16.2. The Labute approximate surface area is 119 Å². The lowest BCUT2D eigenvalue weighted by Crippen LogP contribution is -2.36. The lowest BCUT2D eigenvalue weighted by atomic mass is 10.2. The molecule has 0 bridgehead atoms. The SMILES string of the molecule is CCNc1cc([N+](=O)[O-])cc(N(CC)C(C)COC)n1. The average molecular weight is 282 g/mol. The van der Waals surface area contributed by atoms with E-state index in [-0.39, 0.29) is 11.7 Å². The summed E-state index contributed by atoms with van der Waals surface area (Å²) >= 11 is 0. The van der Waals surface area contributed by atoms with E-state index in [9.17, 15) is 10.1 Å². The molecule has 0 aromatic carbocycles. The molecule has 0 aliphatic heterocycles. The predicted molar refractivity (Wildman–Crippen MR) is 79.4 cm³/mol. The van der Waals surface area contributed by atoms with Crippen LogP contribution in [0, 0.1) is 10.1 Å². The summed E-state index contributed by atoms with van der Waals surface area (Å²) in [6.07, 6.45) is 0. The minimum absolute atomic E-state index is 0.0361. The van der Waals surface area contributed by atoms with Gasteiger partial charge in [0.15, 0.2) is 0 Å². The Hall–Kier alpha value is -1.89. The van der Waals surface area contributed by atoms with Crippen LogP contribution >= 0.6 is 0 Å². The lowest BCUT2D eigenvalue weighted by molar-refractivity contribution is -0.384. The average Bonchev–Trinajstić information content (AvgIpc) is 2.40. The molecule has 1 rings (SSSR count). The molecule has 0 aliphatic carbocycles. The van der Waals surface area contributed by atoms with E-state index in [0.29, 0.717) is 31.3 Å². The number of hydrogen-bond donors (Lipinski definition) is 1. The number of nitrogens with one attached hydrogen (secondary N) is 1. The summed E-state index contributed by atoms with van der Waals surface area (Å²) in [7, 11) is 1.63. The van der Waals surface area contributed by atoms with E-state index in [1.54, 1.807) is 7.11 Å². The summed E-state index contributed by atoms with van der Waals surface area (Å²) in [4.78, 5) is 17.0. The topological polar surface area (TPSA) is 80.5 Å². The van der Waals surface area contributed by atoms with Gasteiger partial charge in [0.2, 0.25) is 0 Å². The molecule has 0 saturated carbocycles. The molecule has 7 nitrogen and oxygen atoms in total. The molecule has 0 radical (unpaired) electrons. The molecule has 1 aromatic heterocycles. The van der Waals surface area contributed by atoms with Crippen molar-refractivity contribution in [3.63, 3.8) is 0 Å². The number of likely N-dealkylation sites (N-methyl/N-ethyl adjacent to an activating group) is 1. The van der Waals surface area contributed by atoms with E-state index in [4.69, 9.17) is 4.74 Å². The molecular weight excluding hydrogens is 260 g/mol. The monoisotopic (exact) mass is 282 g/mol. The number of nitro groups is 1. The molecule has 1 atom stereocenters. The smallest absolute Gasteiger partial charge is 0.276 e. The van der Waals surface area contributed by atoms with E-state index in [2.05, 4.69) is 10.3 Å². The Kier molecular flexibility index (Phi) is 6.17. The Morgan fingerprint density at radius 3 is 2.70 bits per heavy atom. The maximum atomic E-state index is 11.0. The molecule has 1 aromatic rings. The maximum absolute atomic E-state index is 11.0. The summed E-state index contributed by atoms with van der Waals surface area (Å²) in [5.74, 6) is 1.10. The van der Waals surface area contributed by atoms with Crippen molar-refractivity contribution in [2.24, 2.45) is 0 Å². The molecule has 0 saturated heterocycles. The standard InChI is InChI=1S/C13H22N4O3/c1-5-14-12-7-11(17(18)19)8-13(15-12)16(6-2)10(3)9-20-4/h7-8,10H,5-6,9H2,1-4H3,(H,14,15). The van der Waals surface area contributed by atoms with Crippen molar-refractivity contribution in [3.05, 3.63) is 22.2 Å². The fraction of sp³-hybridized carbons (Fsp3) is 0.615. The highest BCUT2D eigenvalue weighted by molar-refractivity contribution is 5.56. The Morgan fingerprint density at radius 1 is 1.50 bits per heavy atom. The molecular formula is C13H22N4O3. The molecule has 20 heavy (non-hydrogen) atoms. The van der Waals surface area contributed by atoms with Crippen LogP contribution < -0.4 is 10.2 Å². The normalized spacial score (nSPS) is 12.0. The molecule has 0 amide bonds. The van der Waals surface area contributed by atoms with Crippen molar-refractivity contribution in [3.8, 4) is 0 Å². The number of methoxy groups -OCH3 is 1. The second kappa shape index (κ2) is 7.64. The maximum Gasteiger partial charge on any atom is 0.276 e. The minimum atomic E-state index is -0.402. The Morgan fingerprint density at radius 2 is 2.20 bits per heavy atom. The van der Waals surface area contributed by atoms with Gasteiger partial charge in [0, 0.05) is 20.2 Å². The van der Waals surface area contributed by atoms with Gasteiger partial charge in [-0.3, -0.25) is 10.1 Å². The van der Waals surface area contributed by atoms with Crippen molar-refractivity contribution in [1.82, 2.24) is 4.98 Å². The molecule has 0 aliphatic rings. The van der Waals surface area contributed by atoms with Crippen LogP contribution in [0.25, 0.3) is 0 Å². The van der Waals surface area contributed by atoms with Crippen LogP contribution in [0.2, 0.25) is 0 Å². The largest absolute Gasteiger partial charge is 0.383 e. The van der Waals surface area contributed by atoms with E-state index < -0.39 is 4.92 Å². The van der Waals surface area contributed by atoms with Crippen LogP contribution in [0.15, 0.2) is 12.1 Å². The second-order valence-corrected chi connectivity index (χ2v) is 4.45. The molecule has 112 valence electrons. The number of rotatable bonds is 8. The lowest BCUT2D eigenvalue weighted by Gasteiger charge is -2.28. The zero-order valence-corrected chi connectivity index (χ0v) is 12.4. The van der Waals surface area contributed by atoms with Gasteiger partial charge in [-0.15, -0.1) is 0 Å². The van der Waals surface area contributed by atoms with Gasteiger partial charge in [-0.2, -0.15) is 0 Å². The third-order valence-corrected chi connectivity index (χ3v) is 2.94. The van der Waals surface area contributed by atoms with Gasteiger partial charge < -0.3 is 15.0 Å². The number of ether oxygens (including phenoxy) is 1. The number of anilines is 2. The third-order valence-electron chi connectivity index (χ3n) is 2.94. The number of hydrogen-bond acceptors (Lipinski definition) is 6. The van der Waals surface area contributed by atoms with Crippen LogP contribution in [0.5, 0.6) is 0 Å². The van der Waals surface area contributed by atoms with Crippen molar-refractivity contribution in [2.75, 3.05) is 37.0 Å². The zero-order valence-electron chi connectivity index (χ0n) is 12.4. The summed E-state index contributed by atoms with van der Waals surface area (Å²) in [6, 6.07) is 3.03. The Balaban J connectivity index is 3.15. The van der Waals surface area contributed by atoms with Crippen LogP contribution in [0.1, 0.15) is 20.8 Å². The first-order chi connectivity index (χ1) is 9.53. The van der Waals surface area contributed by atoms with Crippen molar-refractivity contribution in [2.45, 2.75) is 26.8 Å². The van der Waals surface area contributed by atoms with Crippen LogP contribution in [-0.2, 0) is 4.74 Å². The van der Waals surface area contributed by atoms with E-state index in [1.807, 2.05) is 25.7 Å². The van der Waals surface area contributed by atoms with E-state index in [0.717, 1.165) is 0 Å². The molecule has 1 unspecified atom stereocenters. The number of nitrogens with zero attached hydrogens (tertiary/aromatic N) is 3. The van der Waals surface area contributed by atoms with Gasteiger partial charge in [-0.25, -0.2) is 4.98 Å². The molecule has 1 heterocycles. The van der Waals surface area contributed by atoms with Crippen LogP contribution in [0.3, 0.4) is 0 Å². The quantitative estimate of drug-likeness (QED) is 0.582. The number of pyridine rings is 1. The fourth-order valence-electron chi connectivity index (χ4n) is 2.06. The Bertz CT molecular complexity index is 453. The molecule has 0 spiro atoms.